The molecule has 164 valence electrons. The first kappa shape index (κ1) is 21.0. The van der Waals surface area contributed by atoms with Crippen LogP contribution < -0.4 is 11.2 Å². The van der Waals surface area contributed by atoms with Gasteiger partial charge in [-0.3, -0.25) is 13.9 Å². The molecule has 0 amide bonds. The molecule has 2 aromatic heterocycles. The van der Waals surface area contributed by atoms with E-state index >= 15 is 0 Å². The molecule has 0 radical (unpaired) electrons. The van der Waals surface area contributed by atoms with Gasteiger partial charge in [-0.2, -0.15) is 0 Å². The van der Waals surface area contributed by atoms with Crippen molar-refractivity contribution in [1.82, 2.24) is 13.7 Å². The molecule has 0 saturated heterocycles. The molecular weight excluding hydrogens is 470 g/mol. The van der Waals surface area contributed by atoms with E-state index < -0.39 is 0 Å². The summed E-state index contributed by atoms with van der Waals surface area (Å²) in [6.07, 6.45) is 0.591. The first-order chi connectivity index (χ1) is 15.4. The van der Waals surface area contributed by atoms with E-state index in [-0.39, 0.29) is 17.4 Å². The first-order valence-electron chi connectivity index (χ1n) is 10.7. The molecule has 6 nitrogen and oxygen atoms in total. The summed E-state index contributed by atoms with van der Waals surface area (Å²) >= 11 is 3.66. The Labute approximate surface area is 193 Å². The molecule has 0 fully saturated rings. The van der Waals surface area contributed by atoms with Crippen molar-refractivity contribution in [2.75, 3.05) is 6.61 Å². The van der Waals surface area contributed by atoms with Crippen LogP contribution in [0.4, 0.5) is 0 Å². The number of aryl methyl sites for hydroxylation is 2. The monoisotopic (exact) mass is 493 g/mol. The van der Waals surface area contributed by atoms with Crippen molar-refractivity contribution < 1.29 is 4.74 Å². The summed E-state index contributed by atoms with van der Waals surface area (Å²) in [6.45, 7) is 3.24. The second kappa shape index (κ2) is 7.90. The van der Waals surface area contributed by atoms with Crippen molar-refractivity contribution in [3.8, 4) is 11.3 Å². The summed E-state index contributed by atoms with van der Waals surface area (Å²) < 4.78 is 12.1. The summed E-state index contributed by atoms with van der Waals surface area (Å²) in [7, 11) is 3.25. The van der Waals surface area contributed by atoms with Gasteiger partial charge in [0.15, 0.2) is 0 Å². The third-order valence-electron chi connectivity index (χ3n) is 6.37. The molecule has 0 unspecified atom stereocenters. The van der Waals surface area contributed by atoms with Gasteiger partial charge >= 0.3 is 5.69 Å². The fourth-order valence-electron chi connectivity index (χ4n) is 4.70. The number of hydrogen-bond donors (Lipinski definition) is 0. The van der Waals surface area contributed by atoms with Crippen molar-refractivity contribution in [3.63, 3.8) is 0 Å². The molecular formula is C25H24BrN3O3. The van der Waals surface area contributed by atoms with Gasteiger partial charge in [0.25, 0.3) is 5.56 Å². The molecule has 7 heteroatoms. The maximum absolute atomic E-state index is 13.4. The number of rotatable bonds is 3. The van der Waals surface area contributed by atoms with E-state index in [4.69, 9.17) is 4.74 Å². The van der Waals surface area contributed by atoms with Gasteiger partial charge in [-0.15, -0.1) is 0 Å². The second-order valence-corrected chi connectivity index (χ2v) is 9.00. The zero-order valence-electron chi connectivity index (χ0n) is 18.3. The highest BCUT2D eigenvalue weighted by Crippen LogP contribution is 2.42. The minimum absolute atomic E-state index is 0.296. The van der Waals surface area contributed by atoms with Gasteiger partial charge in [0.1, 0.15) is 6.10 Å². The number of nitrogens with zero attached hydrogens (tertiary/aromatic N) is 3. The molecule has 0 bridgehead atoms. The van der Waals surface area contributed by atoms with Crippen LogP contribution in [0.2, 0.25) is 0 Å². The minimum Gasteiger partial charge on any atom is -0.365 e. The molecule has 0 saturated carbocycles. The van der Waals surface area contributed by atoms with Crippen LogP contribution in [-0.4, -0.2) is 20.3 Å². The number of ether oxygens (including phenoxy) is 1. The fourth-order valence-corrected chi connectivity index (χ4v) is 5.17. The summed E-state index contributed by atoms with van der Waals surface area (Å²) in [4.78, 5) is 26.3. The number of hydrogen-bond acceptors (Lipinski definition) is 3. The normalized spacial score (nSPS) is 15.8. The average molecular weight is 494 g/mol. The Balaban J connectivity index is 1.92. The van der Waals surface area contributed by atoms with Crippen LogP contribution in [0, 0.1) is 0 Å². The minimum atomic E-state index is -0.369. The molecule has 5 rings (SSSR count). The molecule has 0 aliphatic carbocycles. The lowest BCUT2D eigenvalue weighted by Crippen LogP contribution is -2.37. The Morgan fingerprint density at radius 2 is 1.75 bits per heavy atom. The quantitative estimate of drug-likeness (QED) is 0.430. The topological polar surface area (TPSA) is 58.2 Å². The predicted molar refractivity (Wildman–Crippen MR) is 129 cm³/mol. The number of aromatic nitrogens is 3. The molecule has 0 spiro atoms. The van der Waals surface area contributed by atoms with E-state index in [0.29, 0.717) is 24.1 Å². The fraction of sp³-hybridized carbons (Fsp3) is 0.280. The van der Waals surface area contributed by atoms with E-state index in [1.165, 1.54) is 17.2 Å². The standard InChI is InChI=1S/C25H24BrN3O3/c1-4-15-9-11-16(12-10-15)23-22-21-19(24(30)28(3)25(31)27(21)2)20(29(22)13-14-32-23)17-7-5-6-8-18(17)26/h5-12,23H,4,13-14H2,1-3H3/t23-/m0/s1. The average Bonchev–Trinajstić information content (AvgIpc) is 3.17. The number of benzene rings is 2. The summed E-state index contributed by atoms with van der Waals surface area (Å²) in [5, 5.41) is 0.539. The Kier molecular flexibility index (Phi) is 5.18. The highest BCUT2D eigenvalue weighted by molar-refractivity contribution is 9.10. The summed E-state index contributed by atoms with van der Waals surface area (Å²) in [5.41, 5.74) is 4.83. The summed E-state index contributed by atoms with van der Waals surface area (Å²) in [5.74, 6) is 0. The lowest BCUT2D eigenvalue weighted by molar-refractivity contribution is 0.0478. The Hall–Kier alpha value is -2.90. The highest BCUT2D eigenvalue weighted by atomic mass is 79.9. The van der Waals surface area contributed by atoms with E-state index in [9.17, 15) is 9.59 Å². The Morgan fingerprint density at radius 1 is 1.03 bits per heavy atom. The van der Waals surface area contributed by atoms with E-state index in [1.54, 1.807) is 11.6 Å². The van der Waals surface area contributed by atoms with Gasteiger partial charge in [-0.1, -0.05) is 65.3 Å². The van der Waals surface area contributed by atoms with Gasteiger partial charge in [0.05, 0.1) is 28.9 Å². The van der Waals surface area contributed by atoms with Gasteiger partial charge in [0.2, 0.25) is 0 Å². The molecule has 0 N–H and O–H groups in total. The van der Waals surface area contributed by atoms with Crippen LogP contribution in [0.25, 0.3) is 22.2 Å². The number of fused-ring (bicyclic) bond motifs is 3. The zero-order valence-corrected chi connectivity index (χ0v) is 19.8. The Morgan fingerprint density at radius 3 is 2.44 bits per heavy atom. The molecule has 1 aliphatic heterocycles. The van der Waals surface area contributed by atoms with Crippen molar-refractivity contribution in [2.45, 2.75) is 26.0 Å². The van der Waals surface area contributed by atoms with Crippen LogP contribution in [0.3, 0.4) is 0 Å². The van der Waals surface area contributed by atoms with Gasteiger partial charge in [-0.05, 0) is 23.6 Å². The molecule has 32 heavy (non-hydrogen) atoms. The van der Waals surface area contributed by atoms with Crippen LogP contribution >= 0.6 is 15.9 Å². The number of halogens is 1. The smallest absolute Gasteiger partial charge is 0.331 e. The van der Waals surface area contributed by atoms with E-state index in [1.807, 2.05) is 24.3 Å². The second-order valence-electron chi connectivity index (χ2n) is 8.14. The maximum Gasteiger partial charge on any atom is 0.331 e. The van der Waals surface area contributed by atoms with Crippen LogP contribution in [0.15, 0.2) is 62.6 Å². The van der Waals surface area contributed by atoms with Crippen LogP contribution in [-0.2, 0) is 31.8 Å². The van der Waals surface area contributed by atoms with E-state index in [0.717, 1.165) is 33.4 Å². The highest BCUT2D eigenvalue weighted by Gasteiger charge is 2.33. The predicted octanol–water partition coefficient (Wildman–Crippen LogP) is 4.15. The first-order valence-corrected chi connectivity index (χ1v) is 11.5. The lowest BCUT2D eigenvalue weighted by atomic mass is 10.0. The molecule has 4 aromatic rings. The van der Waals surface area contributed by atoms with Crippen molar-refractivity contribution in [1.29, 1.82) is 0 Å². The third-order valence-corrected chi connectivity index (χ3v) is 7.06. The van der Waals surface area contributed by atoms with E-state index in [2.05, 4.69) is 51.7 Å². The molecule has 3 heterocycles. The maximum atomic E-state index is 13.4. The molecule has 1 atom stereocenters. The summed E-state index contributed by atoms with van der Waals surface area (Å²) in [6, 6.07) is 16.2. The molecule has 1 aliphatic rings. The third kappa shape index (κ3) is 3.03. The lowest BCUT2D eigenvalue weighted by Gasteiger charge is -2.28. The van der Waals surface area contributed by atoms with Gasteiger partial charge in [0, 0.05) is 30.7 Å². The van der Waals surface area contributed by atoms with Crippen molar-refractivity contribution in [2.24, 2.45) is 14.1 Å². The SMILES string of the molecule is CCc1ccc([C@@H]2OCCn3c(-c4ccccc4Br)c4c(=O)n(C)c(=O)n(C)c4c32)cc1. The molecule has 2 aromatic carbocycles. The van der Waals surface area contributed by atoms with Crippen molar-refractivity contribution >= 4 is 26.8 Å². The van der Waals surface area contributed by atoms with Crippen LogP contribution in [0.1, 0.15) is 29.8 Å². The Bertz CT molecular complexity index is 1460. The largest absolute Gasteiger partial charge is 0.365 e. The van der Waals surface area contributed by atoms with Gasteiger partial charge < -0.3 is 9.30 Å². The van der Waals surface area contributed by atoms with Crippen LogP contribution in [0.5, 0.6) is 0 Å². The van der Waals surface area contributed by atoms with Crippen molar-refractivity contribution in [3.05, 3.63) is 90.7 Å². The zero-order chi connectivity index (χ0) is 22.6. The van der Waals surface area contributed by atoms with Gasteiger partial charge in [-0.25, -0.2) is 4.79 Å².